The highest BCUT2D eigenvalue weighted by Crippen LogP contribution is 2.34. The number of rotatable bonds is 4. The molecule has 0 fully saturated rings. The van der Waals surface area contributed by atoms with Crippen LogP contribution in [0.5, 0.6) is 17.4 Å². The lowest BCUT2D eigenvalue weighted by molar-refractivity contribution is -0.384. The summed E-state index contributed by atoms with van der Waals surface area (Å²) in [5.41, 5.74) is 5.43. The normalized spacial score (nSPS) is 9.95. The van der Waals surface area contributed by atoms with Gasteiger partial charge in [0.15, 0.2) is 11.5 Å². The Morgan fingerprint density at radius 2 is 2.05 bits per heavy atom. The summed E-state index contributed by atoms with van der Waals surface area (Å²) in [6.07, 6.45) is 0. The van der Waals surface area contributed by atoms with Gasteiger partial charge in [0.05, 0.1) is 18.1 Å². The van der Waals surface area contributed by atoms with Gasteiger partial charge in [-0.15, -0.1) is 0 Å². The summed E-state index contributed by atoms with van der Waals surface area (Å²) in [7, 11) is 1.45. The second-order valence-electron chi connectivity index (χ2n) is 3.60. The largest absolute Gasteiger partial charge is 0.493 e. The third-order valence-electron chi connectivity index (χ3n) is 2.32. The molecule has 0 saturated heterocycles. The molecule has 0 amide bonds. The van der Waals surface area contributed by atoms with Crippen molar-refractivity contribution in [1.82, 2.24) is 4.98 Å². The molecule has 7 nitrogen and oxygen atoms in total. The predicted molar refractivity (Wildman–Crippen MR) is 68.4 cm³/mol. The Morgan fingerprint density at radius 3 is 2.68 bits per heavy atom. The molecule has 0 aliphatic heterocycles. The Labute approximate surface area is 108 Å². The molecule has 2 aromatic rings. The van der Waals surface area contributed by atoms with Crippen LogP contribution >= 0.6 is 0 Å². The van der Waals surface area contributed by atoms with E-state index in [1.807, 2.05) is 0 Å². The Balaban J connectivity index is 2.37. The van der Waals surface area contributed by atoms with Gasteiger partial charge in [-0.2, -0.15) is 4.98 Å². The minimum absolute atomic E-state index is 0.0975. The molecule has 1 heterocycles. The number of nitrogen functional groups attached to an aromatic ring is 1. The first-order valence-corrected chi connectivity index (χ1v) is 5.33. The second kappa shape index (κ2) is 5.21. The number of nitro benzene ring substituents is 1. The van der Waals surface area contributed by atoms with Gasteiger partial charge in [-0.05, 0) is 12.1 Å². The van der Waals surface area contributed by atoms with Gasteiger partial charge in [0.25, 0.3) is 5.69 Å². The minimum atomic E-state index is -0.515. The average molecular weight is 261 g/mol. The number of pyridine rings is 1. The number of anilines is 1. The summed E-state index contributed by atoms with van der Waals surface area (Å²) in [4.78, 5) is 14.2. The number of hydrogen-bond acceptors (Lipinski definition) is 6. The molecule has 2 rings (SSSR count). The van der Waals surface area contributed by atoms with Crippen LogP contribution < -0.4 is 15.2 Å². The Bertz CT molecular complexity index is 616. The summed E-state index contributed by atoms with van der Waals surface area (Å²) < 4.78 is 10.5. The van der Waals surface area contributed by atoms with Crippen molar-refractivity contribution in [2.45, 2.75) is 0 Å². The topological polar surface area (TPSA) is 101 Å². The standard InChI is InChI=1S/C12H11N3O4/c1-18-9-6-5-8(15(16)17)7-10(9)19-12-4-2-3-11(13)14-12/h2-7H,1H3,(H2,13,14). The monoisotopic (exact) mass is 261 g/mol. The summed E-state index contributed by atoms with van der Waals surface area (Å²) >= 11 is 0. The number of nitrogens with two attached hydrogens (primary N) is 1. The highest BCUT2D eigenvalue weighted by molar-refractivity contribution is 5.50. The van der Waals surface area contributed by atoms with Crippen molar-refractivity contribution in [2.24, 2.45) is 0 Å². The number of ether oxygens (including phenoxy) is 2. The number of aromatic nitrogens is 1. The molecular weight excluding hydrogens is 250 g/mol. The van der Waals surface area contributed by atoms with Crippen molar-refractivity contribution in [3.05, 3.63) is 46.5 Å². The van der Waals surface area contributed by atoms with Crippen LogP contribution in [0, 0.1) is 10.1 Å². The van der Waals surface area contributed by atoms with Crippen LogP contribution in [0.2, 0.25) is 0 Å². The molecule has 0 unspecified atom stereocenters. The zero-order valence-electron chi connectivity index (χ0n) is 10.1. The lowest BCUT2D eigenvalue weighted by Gasteiger charge is -2.09. The van der Waals surface area contributed by atoms with E-state index in [9.17, 15) is 10.1 Å². The SMILES string of the molecule is COc1ccc([N+](=O)[O-])cc1Oc1cccc(N)n1. The quantitative estimate of drug-likeness (QED) is 0.669. The highest BCUT2D eigenvalue weighted by atomic mass is 16.6. The molecule has 98 valence electrons. The fraction of sp³-hybridized carbons (Fsp3) is 0.0833. The van der Waals surface area contributed by atoms with Crippen molar-refractivity contribution < 1.29 is 14.4 Å². The van der Waals surface area contributed by atoms with E-state index in [4.69, 9.17) is 15.2 Å². The zero-order valence-corrected chi connectivity index (χ0v) is 10.1. The van der Waals surface area contributed by atoms with E-state index in [1.165, 1.54) is 25.3 Å². The molecule has 0 radical (unpaired) electrons. The van der Waals surface area contributed by atoms with Gasteiger partial charge >= 0.3 is 0 Å². The molecule has 0 aliphatic carbocycles. The van der Waals surface area contributed by atoms with Gasteiger partial charge in [0, 0.05) is 12.1 Å². The van der Waals surface area contributed by atoms with E-state index in [1.54, 1.807) is 18.2 Å². The van der Waals surface area contributed by atoms with Crippen molar-refractivity contribution in [3.8, 4) is 17.4 Å². The first kappa shape index (κ1) is 12.6. The minimum Gasteiger partial charge on any atom is -0.493 e. The third-order valence-corrected chi connectivity index (χ3v) is 2.32. The highest BCUT2D eigenvalue weighted by Gasteiger charge is 2.13. The number of methoxy groups -OCH3 is 1. The van der Waals surface area contributed by atoms with Crippen molar-refractivity contribution in [3.63, 3.8) is 0 Å². The van der Waals surface area contributed by atoms with E-state index in [2.05, 4.69) is 4.98 Å². The van der Waals surface area contributed by atoms with Crippen LogP contribution in [0.15, 0.2) is 36.4 Å². The molecule has 19 heavy (non-hydrogen) atoms. The fourth-order valence-corrected chi connectivity index (χ4v) is 1.46. The summed E-state index contributed by atoms with van der Waals surface area (Å²) in [6, 6.07) is 8.93. The molecule has 0 bridgehead atoms. The van der Waals surface area contributed by atoms with Crippen LogP contribution in [0.3, 0.4) is 0 Å². The van der Waals surface area contributed by atoms with Crippen LogP contribution in [-0.2, 0) is 0 Å². The molecule has 1 aromatic heterocycles. The van der Waals surface area contributed by atoms with Crippen molar-refractivity contribution in [1.29, 1.82) is 0 Å². The van der Waals surface area contributed by atoms with Gasteiger partial charge in [0.1, 0.15) is 5.82 Å². The van der Waals surface area contributed by atoms with Gasteiger partial charge < -0.3 is 15.2 Å². The number of benzene rings is 1. The number of non-ortho nitro benzene ring substituents is 1. The Morgan fingerprint density at radius 1 is 1.26 bits per heavy atom. The van der Waals surface area contributed by atoms with E-state index >= 15 is 0 Å². The lowest BCUT2D eigenvalue weighted by Crippen LogP contribution is -1.96. The molecular formula is C12H11N3O4. The average Bonchev–Trinajstić information content (AvgIpc) is 2.38. The number of hydrogen-bond donors (Lipinski definition) is 1. The summed E-state index contributed by atoms with van der Waals surface area (Å²) in [5, 5.41) is 10.7. The van der Waals surface area contributed by atoms with Gasteiger partial charge in [-0.25, -0.2) is 0 Å². The van der Waals surface area contributed by atoms with Gasteiger partial charge in [-0.1, -0.05) is 6.07 Å². The smallest absolute Gasteiger partial charge is 0.273 e. The first-order valence-electron chi connectivity index (χ1n) is 5.33. The molecule has 1 aromatic carbocycles. The third kappa shape index (κ3) is 2.89. The molecule has 2 N–H and O–H groups in total. The summed E-state index contributed by atoms with van der Waals surface area (Å²) in [6.45, 7) is 0. The Kier molecular flexibility index (Phi) is 3.46. The maximum atomic E-state index is 10.7. The van der Waals surface area contributed by atoms with E-state index in [0.717, 1.165) is 0 Å². The van der Waals surface area contributed by atoms with Crippen LogP contribution in [0.25, 0.3) is 0 Å². The van der Waals surface area contributed by atoms with E-state index in [-0.39, 0.29) is 17.3 Å². The second-order valence-corrected chi connectivity index (χ2v) is 3.60. The maximum Gasteiger partial charge on any atom is 0.273 e. The number of nitrogens with zero attached hydrogens (tertiary/aromatic N) is 2. The van der Waals surface area contributed by atoms with Crippen LogP contribution in [0.4, 0.5) is 11.5 Å². The summed E-state index contributed by atoms with van der Waals surface area (Å²) in [5.74, 6) is 1.10. The Hall–Kier alpha value is -2.83. The van der Waals surface area contributed by atoms with Gasteiger partial charge in [-0.3, -0.25) is 10.1 Å². The van der Waals surface area contributed by atoms with Gasteiger partial charge in [0.2, 0.25) is 5.88 Å². The lowest BCUT2D eigenvalue weighted by atomic mass is 10.3. The van der Waals surface area contributed by atoms with E-state index in [0.29, 0.717) is 11.6 Å². The van der Waals surface area contributed by atoms with Crippen molar-refractivity contribution >= 4 is 11.5 Å². The molecule has 0 aliphatic rings. The predicted octanol–water partition coefficient (Wildman–Crippen LogP) is 2.37. The van der Waals surface area contributed by atoms with Crippen LogP contribution in [-0.4, -0.2) is 17.0 Å². The number of nitro groups is 1. The maximum absolute atomic E-state index is 10.7. The van der Waals surface area contributed by atoms with E-state index < -0.39 is 4.92 Å². The van der Waals surface area contributed by atoms with Crippen LogP contribution in [0.1, 0.15) is 0 Å². The fourth-order valence-electron chi connectivity index (χ4n) is 1.46. The molecule has 0 saturated carbocycles. The molecule has 7 heteroatoms. The zero-order chi connectivity index (χ0) is 13.8. The van der Waals surface area contributed by atoms with Crippen molar-refractivity contribution in [2.75, 3.05) is 12.8 Å². The molecule has 0 atom stereocenters. The molecule has 0 spiro atoms. The first-order chi connectivity index (χ1) is 9.10.